The van der Waals surface area contributed by atoms with Gasteiger partial charge < -0.3 is 4.57 Å². The van der Waals surface area contributed by atoms with Gasteiger partial charge in [0.15, 0.2) is 0 Å². The molecule has 1 saturated carbocycles. The number of fused-ring (bicyclic) bond motifs is 1. The molecule has 0 unspecified atom stereocenters. The van der Waals surface area contributed by atoms with E-state index in [-0.39, 0.29) is 5.69 Å². The van der Waals surface area contributed by atoms with E-state index in [0.29, 0.717) is 12.6 Å². The molecule has 1 aliphatic carbocycles. The first-order valence-corrected chi connectivity index (χ1v) is 8.25. The number of nitrogens with zero attached hydrogens (tertiary/aromatic N) is 5. The fraction of sp³-hybridized carbons (Fsp3) is 0.471. The van der Waals surface area contributed by atoms with Crippen LogP contribution in [0, 0.1) is 0 Å². The van der Waals surface area contributed by atoms with E-state index in [2.05, 4.69) is 14.5 Å². The lowest BCUT2D eigenvalue weighted by Gasteiger charge is -2.24. The summed E-state index contributed by atoms with van der Waals surface area (Å²) < 4.78 is 5.73. The fourth-order valence-electron chi connectivity index (χ4n) is 3.71. The van der Waals surface area contributed by atoms with Crippen LogP contribution in [0.15, 0.2) is 35.8 Å². The topological polar surface area (TPSA) is 57.6 Å². The van der Waals surface area contributed by atoms with Crippen LogP contribution in [0.2, 0.25) is 0 Å². The van der Waals surface area contributed by atoms with Crippen LogP contribution in [-0.4, -0.2) is 23.7 Å². The zero-order valence-electron chi connectivity index (χ0n) is 13.4. The summed E-state index contributed by atoms with van der Waals surface area (Å²) in [5.41, 5.74) is 2.87. The number of aryl methyl sites for hydroxylation is 1. The van der Waals surface area contributed by atoms with Gasteiger partial charge in [0.2, 0.25) is 0 Å². The summed E-state index contributed by atoms with van der Waals surface area (Å²) in [4.78, 5) is 21.1. The third-order valence-corrected chi connectivity index (χ3v) is 4.98. The fourth-order valence-corrected chi connectivity index (χ4v) is 3.71. The highest BCUT2D eigenvalue weighted by molar-refractivity contribution is 5.74. The van der Waals surface area contributed by atoms with Crippen molar-refractivity contribution >= 4 is 11.0 Å². The zero-order valence-corrected chi connectivity index (χ0v) is 13.4. The lowest BCUT2D eigenvalue weighted by molar-refractivity contribution is 0.345. The second kappa shape index (κ2) is 5.68. The van der Waals surface area contributed by atoms with Gasteiger partial charge in [-0.15, -0.1) is 0 Å². The Hall–Kier alpha value is -2.37. The van der Waals surface area contributed by atoms with E-state index in [9.17, 15) is 4.79 Å². The zero-order chi connectivity index (χ0) is 15.8. The predicted octanol–water partition coefficient (Wildman–Crippen LogP) is 2.48. The van der Waals surface area contributed by atoms with Crippen LogP contribution >= 0.6 is 0 Å². The lowest BCUT2D eigenvalue weighted by atomic mass is 9.95. The summed E-state index contributed by atoms with van der Waals surface area (Å²) in [5.74, 6) is 0. The van der Waals surface area contributed by atoms with E-state index in [4.69, 9.17) is 0 Å². The van der Waals surface area contributed by atoms with Crippen LogP contribution in [0.4, 0.5) is 0 Å². The van der Waals surface area contributed by atoms with Crippen molar-refractivity contribution in [1.82, 2.24) is 23.7 Å². The number of aromatic nitrogens is 5. The Morgan fingerprint density at radius 2 is 1.96 bits per heavy atom. The summed E-state index contributed by atoms with van der Waals surface area (Å²) in [5, 5.41) is 0. The third kappa shape index (κ3) is 2.38. The maximum absolute atomic E-state index is 12.6. The molecule has 23 heavy (non-hydrogen) atoms. The summed E-state index contributed by atoms with van der Waals surface area (Å²) in [6.07, 6.45) is 13.6. The Balaban J connectivity index is 1.74. The molecule has 3 aromatic rings. The van der Waals surface area contributed by atoms with Crippen LogP contribution in [0.5, 0.6) is 0 Å². The predicted molar refractivity (Wildman–Crippen MR) is 88.4 cm³/mol. The van der Waals surface area contributed by atoms with Gasteiger partial charge >= 0.3 is 5.69 Å². The quantitative estimate of drug-likeness (QED) is 0.746. The Morgan fingerprint density at radius 1 is 1.13 bits per heavy atom. The number of pyridine rings is 1. The molecule has 0 radical (unpaired) electrons. The molecule has 6 nitrogen and oxygen atoms in total. The SMILES string of the molecule is Cn1c(=O)n(Cc2cncn2C2CCCCC2)c2cnccc21. The molecule has 0 aromatic carbocycles. The average Bonchev–Trinajstić information content (AvgIpc) is 3.15. The Bertz CT molecular complexity index is 882. The van der Waals surface area contributed by atoms with E-state index >= 15 is 0 Å². The number of hydrogen-bond donors (Lipinski definition) is 0. The van der Waals surface area contributed by atoms with Gasteiger partial charge in [0.25, 0.3) is 0 Å². The molecule has 0 bridgehead atoms. The maximum Gasteiger partial charge on any atom is 0.329 e. The van der Waals surface area contributed by atoms with Crippen molar-refractivity contribution < 1.29 is 0 Å². The minimum absolute atomic E-state index is 0.00982. The number of imidazole rings is 2. The smallest absolute Gasteiger partial charge is 0.329 e. The van der Waals surface area contributed by atoms with Crippen LogP contribution in [0.25, 0.3) is 11.0 Å². The number of hydrogen-bond acceptors (Lipinski definition) is 3. The molecule has 0 atom stereocenters. The molecule has 0 spiro atoms. The largest absolute Gasteiger partial charge is 0.330 e. The van der Waals surface area contributed by atoms with Crippen molar-refractivity contribution in [3.63, 3.8) is 0 Å². The van der Waals surface area contributed by atoms with E-state index in [1.165, 1.54) is 32.1 Å². The molecular weight excluding hydrogens is 290 g/mol. The molecule has 0 N–H and O–H groups in total. The van der Waals surface area contributed by atoms with Crippen LogP contribution < -0.4 is 5.69 Å². The Labute approximate surface area is 134 Å². The molecule has 0 saturated heterocycles. The third-order valence-electron chi connectivity index (χ3n) is 4.98. The molecule has 0 aliphatic heterocycles. The van der Waals surface area contributed by atoms with Crippen molar-refractivity contribution in [1.29, 1.82) is 0 Å². The second-order valence-electron chi connectivity index (χ2n) is 6.38. The molecule has 3 aromatic heterocycles. The van der Waals surface area contributed by atoms with E-state index < -0.39 is 0 Å². The number of rotatable bonds is 3. The van der Waals surface area contributed by atoms with Gasteiger partial charge in [-0.1, -0.05) is 19.3 Å². The second-order valence-corrected chi connectivity index (χ2v) is 6.38. The minimum atomic E-state index is -0.00982. The van der Waals surface area contributed by atoms with E-state index in [0.717, 1.165) is 16.7 Å². The summed E-state index contributed by atoms with van der Waals surface area (Å²) in [6.45, 7) is 0.540. The molecule has 4 rings (SSSR count). The minimum Gasteiger partial charge on any atom is -0.330 e. The van der Waals surface area contributed by atoms with Gasteiger partial charge in [-0.25, -0.2) is 9.78 Å². The highest BCUT2D eigenvalue weighted by Gasteiger charge is 2.19. The van der Waals surface area contributed by atoms with Gasteiger partial charge in [-0.2, -0.15) is 0 Å². The van der Waals surface area contributed by atoms with Crippen molar-refractivity contribution in [2.75, 3.05) is 0 Å². The van der Waals surface area contributed by atoms with E-state index in [1.54, 1.807) is 28.6 Å². The maximum atomic E-state index is 12.6. The molecule has 1 fully saturated rings. The standard InChI is InChI=1S/C17H21N5O/c1-20-15-7-8-18-10-16(15)21(17(20)23)11-14-9-19-12-22(14)13-5-3-2-4-6-13/h7-10,12-13H,2-6,11H2,1H3. The van der Waals surface area contributed by atoms with Crippen molar-refractivity contribution in [3.8, 4) is 0 Å². The van der Waals surface area contributed by atoms with Crippen LogP contribution in [0.3, 0.4) is 0 Å². The van der Waals surface area contributed by atoms with Gasteiger partial charge in [0, 0.05) is 25.5 Å². The first-order chi connectivity index (χ1) is 11.3. The van der Waals surface area contributed by atoms with Gasteiger partial charge in [-0.05, 0) is 18.9 Å². The van der Waals surface area contributed by atoms with Gasteiger partial charge in [0.1, 0.15) is 0 Å². The van der Waals surface area contributed by atoms with Gasteiger partial charge in [0.05, 0.1) is 35.8 Å². The molecule has 6 heteroatoms. The van der Waals surface area contributed by atoms with Crippen molar-refractivity contribution in [3.05, 3.63) is 47.2 Å². The normalized spacial score (nSPS) is 16.2. The molecule has 3 heterocycles. The Kier molecular flexibility index (Phi) is 3.52. The lowest BCUT2D eigenvalue weighted by Crippen LogP contribution is -2.24. The summed E-state index contributed by atoms with van der Waals surface area (Å²) >= 11 is 0. The highest BCUT2D eigenvalue weighted by Crippen LogP contribution is 2.29. The highest BCUT2D eigenvalue weighted by atomic mass is 16.1. The van der Waals surface area contributed by atoms with Gasteiger partial charge in [-0.3, -0.25) is 14.1 Å². The monoisotopic (exact) mass is 311 g/mol. The van der Waals surface area contributed by atoms with Crippen LogP contribution in [0.1, 0.15) is 43.8 Å². The van der Waals surface area contributed by atoms with Crippen LogP contribution in [-0.2, 0) is 13.6 Å². The first kappa shape index (κ1) is 14.2. The van der Waals surface area contributed by atoms with E-state index in [1.807, 2.05) is 18.6 Å². The summed E-state index contributed by atoms with van der Waals surface area (Å²) in [6, 6.07) is 2.40. The molecule has 0 amide bonds. The molecule has 1 aliphatic rings. The summed E-state index contributed by atoms with van der Waals surface area (Å²) in [7, 11) is 1.81. The molecular formula is C17H21N5O. The van der Waals surface area contributed by atoms with Crippen molar-refractivity contribution in [2.24, 2.45) is 7.05 Å². The Morgan fingerprint density at radius 3 is 2.78 bits per heavy atom. The average molecular weight is 311 g/mol. The van der Waals surface area contributed by atoms with Crippen molar-refractivity contribution in [2.45, 2.75) is 44.7 Å². The molecule has 120 valence electrons. The first-order valence-electron chi connectivity index (χ1n) is 8.25.